The molecule has 2 aliphatic heterocycles. The summed E-state index contributed by atoms with van der Waals surface area (Å²) in [6.07, 6.45) is 0.931. The molecule has 0 bridgehead atoms. The largest absolute Gasteiger partial charge is 0.454 e. The van der Waals surface area contributed by atoms with Crippen molar-refractivity contribution in [3.05, 3.63) is 34.1 Å². The maximum Gasteiger partial charge on any atom is 0.252 e. The molecule has 1 saturated heterocycles. The SMILES string of the molecule is CC(=O)N(C)C1CCN(Cc2cc3cc4c(cc3[nH]c2=O)OCO4)C1. The van der Waals surface area contributed by atoms with Crippen molar-refractivity contribution < 1.29 is 14.3 Å². The van der Waals surface area contributed by atoms with E-state index >= 15 is 0 Å². The Morgan fingerprint density at radius 1 is 1.32 bits per heavy atom. The normalized spacial score (nSPS) is 19.5. The highest BCUT2D eigenvalue weighted by molar-refractivity contribution is 5.83. The van der Waals surface area contributed by atoms with Crippen LogP contribution in [0.5, 0.6) is 11.5 Å². The van der Waals surface area contributed by atoms with Gasteiger partial charge in [-0.15, -0.1) is 0 Å². The molecule has 1 atom stereocenters. The lowest BCUT2D eigenvalue weighted by atomic mass is 10.1. The standard InChI is InChI=1S/C18H21N3O4/c1-11(22)20(2)14-3-4-21(9-14)8-13-5-12-6-16-17(25-10-24-16)7-15(12)19-18(13)23/h5-7,14H,3-4,8-10H2,1-2H3,(H,19,23). The summed E-state index contributed by atoms with van der Waals surface area (Å²) in [4.78, 5) is 30.9. The van der Waals surface area contributed by atoms with Crippen molar-refractivity contribution in [2.45, 2.75) is 25.9 Å². The number of carbonyl (C=O) groups excluding carboxylic acids is 1. The molecule has 2 aromatic rings. The molecule has 1 fully saturated rings. The first-order valence-corrected chi connectivity index (χ1v) is 8.42. The summed E-state index contributed by atoms with van der Waals surface area (Å²) < 4.78 is 10.8. The average molecular weight is 343 g/mol. The Labute approximate surface area is 145 Å². The number of amides is 1. The molecule has 0 radical (unpaired) electrons. The second kappa shape index (κ2) is 6.07. The lowest BCUT2D eigenvalue weighted by Gasteiger charge is -2.23. The van der Waals surface area contributed by atoms with Gasteiger partial charge in [-0.1, -0.05) is 0 Å². The molecule has 7 heteroatoms. The average Bonchev–Trinajstić information content (AvgIpc) is 3.21. The number of pyridine rings is 1. The highest BCUT2D eigenvalue weighted by Gasteiger charge is 2.27. The van der Waals surface area contributed by atoms with Crippen LogP contribution in [0.3, 0.4) is 0 Å². The van der Waals surface area contributed by atoms with Gasteiger partial charge >= 0.3 is 0 Å². The summed E-state index contributed by atoms with van der Waals surface area (Å²) in [5.74, 6) is 1.44. The molecule has 1 N–H and O–H groups in total. The first kappa shape index (κ1) is 16.0. The smallest absolute Gasteiger partial charge is 0.252 e. The van der Waals surface area contributed by atoms with Crippen LogP contribution >= 0.6 is 0 Å². The third kappa shape index (κ3) is 2.95. The first-order chi connectivity index (χ1) is 12.0. The minimum atomic E-state index is -0.0882. The van der Waals surface area contributed by atoms with Crippen LogP contribution in [0, 0.1) is 0 Å². The van der Waals surface area contributed by atoms with E-state index in [9.17, 15) is 9.59 Å². The molecule has 1 aromatic carbocycles. The molecule has 1 unspecified atom stereocenters. The Morgan fingerprint density at radius 3 is 2.84 bits per heavy atom. The van der Waals surface area contributed by atoms with E-state index in [-0.39, 0.29) is 24.3 Å². The third-order valence-electron chi connectivity index (χ3n) is 5.10. The van der Waals surface area contributed by atoms with E-state index in [0.29, 0.717) is 18.0 Å². The maximum absolute atomic E-state index is 12.4. The predicted molar refractivity (Wildman–Crippen MR) is 92.8 cm³/mol. The molecule has 7 nitrogen and oxygen atoms in total. The van der Waals surface area contributed by atoms with Gasteiger partial charge in [0, 0.05) is 56.7 Å². The zero-order valence-electron chi connectivity index (χ0n) is 14.4. The van der Waals surface area contributed by atoms with E-state index in [1.165, 1.54) is 0 Å². The van der Waals surface area contributed by atoms with Crippen molar-refractivity contribution in [1.82, 2.24) is 14.8 Å². The number of benzene rings is 1. The number of hydrogen-bond acceptors (Lipinski definition) is 5. The van der Waals surface area contributed by atoms with Gasteiger partial charge in [-0.25, -0.2) is 0 Å². The minimum Gasteiger partial charge on any atom is -0.454 e. The number of carbonyl (C=O) groups is 1. The number of H-pyrrole nitrogens is 1. The van der Waals surface area contributed by atoms with Gasteiger partial charge in [0.15, 0.2) is 11.5 Å². The molecule has 2 aliphatic rings. The number of likely N-dealkylation sites (tertiary alicyclic amines) is 1. The Kier molecular flexibility index (Phi) is 3.88. The van der Waals surface area contributed by atoms with Gasteiger partial charge in [0.2, 0.25) is 12.7 Å². The Morgan fingerprint density at radius 2 is 2.08 bits per heavy atom. The number of ether oxygens (including phenoxy) is 2. The molecule has 3 heterocycles. The number of nitrogens with zero attached hydrogens (tertiary/aromatic N) is 2. The van der Waals surface area contributed by atoms with E-state index in [2.05, 4.69) is 9.88 Å². The van der Waals surface area contributed by atoms with Gasteiger partial charge in [0.05, 0.1) is 5.52 Å². The number of fused-ring (bicyclic) bond motifs is 2. The van der Waals surface area contributed by atoms with Crippen LogP contribution in [0.1, 0.15) is 18.9 Å². The highest BCUT2D eigenvalue weighted by atomic mass is 16.7. The number of aromatic nitrogens is 1. The van der Waals surface area contributed by atoms with Gasteiger partial charge in [-0.3, -0.25) is 14.5 Å². The minimum absolute atomic E-state index is 0.0754. The first-order valence-electron chi connectivity index (χ1n) is 8.42. The zero-order chi connectivity index (χ0) is 17.6. The van der Waals surface area contributed by atoms with E-state index in [1.54, 1.807) is 17.9 Å². The fourth-order valence-electron chi connectivity index (χ4n) is 3.53. The van der Waals surface area contributed by atoms with Crippen molar-refractivity contribution in [2.75, 3.05) is 26.9 Å². The van der Waals surface area contributed by atoms with Gasteiger partial charge in [0.25, 0.3) is 5.56 Å². The molecule has 1 aromatic heterocycles. The topological polar surface area (TPSA) is 74.9 Å². The maximum atomic E-state index is 12.4. The lowest BCUT2D eigenvalue weighted by molar-refractivity contribution is -0.129. The fourth-order valence-corrected chi connectivity index (χ4v) is 3.53. The van der Waals surface area contributed by atoms with Crippen LogP contribution < -0.4 is 15.0 Å². The van der Waals surface area contributed by atoms with E-state index in [1.807, 2.05) is 19.2 Å². The molecule has 0 spiro atoms. The molecule has 25 heavy (non-hydrogen) atoms. The number of nitrogens with one attached hydrogen (secondary N) is 1. The highest BCUT2D eigenvalue weighted by Crippen LogP contribution is 2.35. The number of rotatable bonds is 3. The van der Waals surface area contributed by atoms with Gasteiger partial charge in [-0.2, -0.15) is 0 Å². The van der Waals surface area contributed by atoms with Gasteiger partial charge in [0.1, 0.15) is 0 Å². The number of aromatic amines is 1. The van der Waals surface area contributed by atoms with Crippen molar-refractivity contribution >= 4 is 16.8 Å². The van der Waals surface area contributed by atoms with E-state index in [4.69, 9.17) is 9.47 Å². The Bertz CT molecular complexity index is 892. The molecular weight excluding hydrogens is 322 g/mol. The molecule has 132 valence electrons. The van der Waals surface area contributed by atoms with Crippen LogP contribution in [0.4, 0.5) is 0 Å². The van der Waals surface area contributed by atoms with Crippen LogP contribution in [-0.2, 0) is 11.3 Å². The molecule has 4 rings (SSSR count). The second-order valence-electron chi connectivity index (χ2n) is 6.72. The van der Waals surface area contributed by atoms with Crippen LogP contribution in [0.2, 0.25) is 0 Å². The Balaban J connectivity index is 1.56. The Hall–Kier alpha value is -2.54. The quantitative estimate of drug-likeness (QED) is 0.909. The third-order valence-corrected chi connectivity index (χ3v) is 5.10. The summed E-state index contributed by atoms with van der Waals surface area (Å²) in [6, 6.07) is 5.83. The molecule has 0 aliphatic carbocycles. The predicted octanol–water partition coefficient (Wildman–Crippen LogP) is 1.31. The fraction of sp³-hybridized carbons (Fsp3) is 0.444. The molecule has 0 saturated carbocycles. The van der Waals surface area contributed by atoms with E-state index in [0.717, 1.165) is 36.0 Å². The van der Waals surface area contributed by atoms with Crippen LogP contribution in [0.25, 0.3) is 10.9 Å². The summed E-state index contributed by atoms with van der Waals surface area (Å²) >= 11 is 0. The van der Waals surface area contributed by atoms with Crippen LogP contribution in [0.15, 0.2) is 23.0 Å². The monoisotopic (exact) mass is 343 g/mol. The van der Waals surface area contributed by atoms with E-state index < -0.39 is 0 Å². The lowest BCUT2D eigenvalue weighted by Crippen LogP contribution is -2.37. The molecular formula is C18H21N3O4. The van der Waals surface area contributed by atoms with Gasteiger partial charge < -0.3 is 19.4 Å². The van der Waals surface area contributed by atoms with Gasteiger partial charge in [-0.05, 0) is 18.6 Å². The van der Waals surface area contributed by atoms with Crippen LogP contribution in [-0.4, -0.2) is 53.7 Å². The van der Waals surface area contributed by atoms with Crippen molar-refractivity contribution in [3.8, 4) is 11.5 Å². The van der Waals surface area contributed by atoms with Crippen molar-refractivity contribution in [3.63, 3.8) is 0 Å². The summed E-state index contributed by atoms with van der Waals surface area (Å²) in [5, 5.41) is 0.926. The zero-order valence-corrected chi connectivity index (χ0v) is 14.4. The van der Waals surface area contributed by atoms with Crippen molar-refractivity contribution in [2.24, 2.45) is 0 Å². The number of likely N-dealkylation sites (N-methyl/N-ethyl adjacent to an activating group) is 1. The molecule has 1 amide bonds. The number of hydrogen-bond donors (Lipinski definition) is 1. The van der Waals surface area contributed by atoms with Crippen molar-refractivity contribution in [1.29, 1.82) is 0 Å². The summed E-state index contributed by atoms with van der Waals surface area (Å²) in [6.45, 7) is 4.03. The summed E-state index contributed by atoms with van der Waals surface area (Å²) in [7, 11) is 1.84. The summed E-state index contributed by atoms with van der Waals surface area (Å²) in [5.41, 5.74) is 1.38. The second-order valence-corrected chi connectivity index (χ2v) is 6.72.